The number of imidazole rings is 1. The maximum Gasteiger partial charge on any atom is 0.240 e. The topological polar surface area (TPSA) is 59.4 Å². The molecule has 0 unspecified atom stereocenters. The minimum absolute atomic E-state index is 0.00689. The lowest BCUT2D eigenvalue weighted by Crippen LogP contribution is -2.33. The van der Waals surface area contributed by atoms with Crippen LogP contribution in [0, 0.1) is 5.82 Å². The Morgan fingerprint density at radius 1 is 1.08 bits per heavy atom. The summed E-state index contributed by atoms with van der Waals surface area (Å²) in [5, 5.41) is 3.60. The van der Waals surface area contributed by atoms with Gasteiger partial charge >= 0.3 is 0 Å². The Kier molecular flexibility index (Phi) is 7.62. The fourth-order valence-corrected chi connectivity index (χ4v) is 4.53. The molecule has 0 aliphatic heterocycles. The van der Waals surface area contributed by atoms with Gasteiger partial charge in [0.25, 0.3) is 0 Å². The molecule has 6 nitrogen and oxygen atoms in total. The standard InChI is InChI=1S/C28H30ClFN4O2/c1-17(2)31-27(35)16-34-25-9-7-19(21-10-18(15-33(3)4)11-22(29)12-21)13-24(25)32-28(34)20-6-8-23(30)26(14-20)36-5/h6-14,17H,15-16H2,1-5H3,(H,31,35). The molecule has 1 aromatic heterocycles. The Labute approximate surface area is 215 Å². The van der Waals surface area contributed by atoms with Crippen molar-refractivity contribution in [3.05, 3.63) is 71.0 Å². The predicted molar refractivity (Wildman–Crippen MR) is 143 cm³/mol. The van der Waals surface area contributed by atoms with Gasteiger partial charge in [-0.25, -0.2) is 9.37 Å². The summed E-state index contributed by atoms with van der Waals surface area (Å²) >= 11 is 6.43. The van der Waals surface area contributed by atoms with E-state index in [2.05, 4.69) is 16.3 Å². The van der Waals surface area contributed by atoms with Crippen molar-refractivity contribution >= 4 is 28.5 Å². The molecule has 0 aliphatic rings. The number of carbonyl (C=O) groups excluding carboxylic acids is 1. The second kappa shape index (κ2) is 10.7. The van der Waals surface area contributed by atoms with Crippen molar-refractivity contribution in [2.75, 3.05) is 21.2 Å². The third-order valence-corrected chi connectivity index (χ3v) is 5.92. The van der Waals surface area contributed by atoms with Gasteiger partial charge in [0, 0.05) is 23.2 Å². The van der Waals surface area contributed by atoms with Crippen LogP contribution in [0.1, 0.15) is 19.4 Å². The lowest BCUT2D eigenvalue weighted by molar-refractivity contribution is -0.122. The van der Waals surface area contributed by atoms with Crippen molar-refractivity contribution in [3.8, 4) is 28.3 Å². The number of ether oxygens (including phenoxy) is 1. The smallest absolute Gasteiger partial charge is 0.240 e. The highest BCUT2D eigenvalue weighted by Gasteiger charge is 2.18. The van der Waals surface area contributed by atoms with E-state index in [-0.39, 0.29) is 24.2 Å². The van der Waals surface area contributed by atoms with Gasteiger partial charge in [-0.3, -0.25) is 4.79 Å². The number of nitrogens with zero attached hydrogens (tertiary/aromatic N) is 3. The van der Waals surface area contributed by atoms with Crippen LogP contribution in [0.5, 0.6) is 5.75 Å². The van der Waals surface area contributed by atoms with E-state index < -0.39 is 5.82 Å². The summed E-state index contributed by atoms with van der Waals surface area (Å²) in [4.78, 5) is 19.7. The summed E-state index contributed by atoms with van der Waals surface area (Å²) in [6.07, 6.45) is 0. The molecule has 0 saturated heterocycles. The number of carbonyl (C=O) groups is 1. The summed E-state index contributed by atoms with van der Waals surface area (Å²) < 4.78 is 21.1. The number of fused-ring (bicyclic) bond motifs is 1. The van der Waals surface area contributed by atoms with Crippen LogP contribution in [0.15, 0.2) is 54.6 Å². The molecule has 0 fully saturated rings. The van der Waals surface area contributed by atoms with Gasteiger partial charge in [-0.05, 0) is 93.2 Å². The molecular weight excluding hydrogens is 479 g/mol. The molecule has 0 aliphatic carbocycles. The summed E-state index contributed by atoms with van der Waals surface area (Å²) in [5.74, 6) is 0.0784. The molecule has 0 bridgehead atoms. The highest BCUT2D eigenvalue weighted by Crippen LogP contribution is 2.32. The average Bonchev–Trinajstić information content (AvgIpc) is 3.15. The van der Waals surface area contributed by atoms with E-state index in [1.165, 1.54) is 13.2 Å². The molecule has 188 valence electrons. The van der Waals surface area contributed by atoms with Crippen molar-refractivity contribution in [2.45, 2.75) is 33.0 Å². The number of nitrogens with one attached hydrogen (secondary N) is 1. The monoisotopic (exact) mass is 508 g/mol. The zero-order valence-corrected chi connectivity index (χ0v) is 21.9. The largest absolute Gasteiger partial charge is 0.494 e. The minimum atomic E-state index is -0.460. The SMILES string of the molecule is COc1cc(-c2nc3cc(-c4cc(Cl)cc(CN(C)C)c4)ccc3n2CC(=O)NC(C)C)ccc1F. The van der Waals surface area contributed by atoms with E-state index in [1.54, 1.807) is 12.1 Å². The van der Waals surface area contributed by atoms with Gasteiger partial charge < -0.3 is 19.5 Å². The van der Waals surface area contributed by atoms with Crippen LogP contribution < -0.4 is 10.1 Å². The molecule has 0 spiro atoms. The predicted octanol–water partition coefficient (Wildman–Crippen LogP) is 5.76. The van der Waals surface area contributed by atoms with Gasteiger partial charge in [-0.15, -0.1) is 0 Å². The van der Waals surface area contributed by atoms with Gasteiger partial charge in [0.05, 0.1) is 18.1 Å². The first-order valence-electron chi connectivity index (χ1n) is 11.7. The lowest BCUT2D eigenvalue weighted by atomic mass is 10.0. The molecular formula is C28H30ClFN4O2. The Morgan fingerprint density at radius 3 is 2.53 bits per heavy atom. The van der Waals surface area contributed by atoms with Crippen LogP contribution >= 0.6 is 11.6 Å². The number of amides is 1. The quantitative estimate of drug-likeness (QED) is 0.329. The molecule has 36 heavy (non-hydrogen) atoms. The fraction of sp³-hybridized carbons (Fsp3) is 0.286. The molecule has 0 saturated carbocycles. The van der Waals surface area contributed by atoms with E-state index >= 15 is 0 Å². The van der Waals surface area contributed by atoms with Gasteiger partial charge in [-0.1, -0.05) is 17.7 Å². The summed E-state index contributed by atoms with van der Waals surface area (Å²) in [6, 6.07) is 16.5. The first-order chi connectivity index (χ1) is 17.1. The number of benzene rings is 3. The van der Waals surface area contributed by atoms with E-state index in [1.807, 2.05) is 62.8 Å². The molecule has 1 heterocycles. The molecule has 0 radical (unpaired) electrons. The third kappa shape index (κ3) is 5.69. The highest BCUT2D eigenvalue weighted by molar-refractivity contribution is 6.31. The van der Waals surface area contributed by atoms with Crippen LogP contribution in [0.4, 0.5) is 4.39 Å². The zero-order valence-electron chi connectivity index (χ0n) is 21.1. The number of methoxy groups -OCH3 is 1. The number of halogens is 2. The second-order valence-electron chi connectivity index (χ2n) is 9.38. The summed E-state index contributed by atoms with van der Waals surface area (Å²) in [7, 11) is 5.45. The third-order valence-electron chi connectivity index (χ3n) is 5.70. The van der Waals surface area contributed by atoms with Crippen molar-refractivity contribution < 1.29 is 13.9 Å². The molecule has 4 rings (SSSR count). The van der Waals surface area contributed by atoms with Crippen molar-refractivity contribution in [1.82, 2.24) is 19.8 Å². The Balaban J connectivity index is 1.84. The van der Waals surface area contributed by atoms with Crippen LogP contribution in [0.3, 0.4) is 0 Å². The van der Waals surface area contributed by atoms with Crippen LogP contribution in [0.2, 0.25) is 5.02 Å². The summed E-state index contributed by atoms with van der Waals surface area (Å²) in [6.45, 7) is 4.67. The van der Waals surface area contributed by atoms with Gasteiger partial charge in [0.15, 0.2) is 11.6 Å². The van der Waals surface area contributed by atoms with Crippen molar-refractivity contribution in [1.29, 1.82) is 0 Å². The van der Waals surface area contributed by atoms with Crippen molar-refractivity contribution in [2.24, 2.45) is 0 Å². The first kappa shape index (κ1) is 25.7. The van der Waals surface area contributed by atoms with Crippen LogP contribution in [-0.2, 0) is 17.9 Å². The average molecular weight is 509 g/mol. The maximum absolute atomic E-state index is 14.1. The number of rotatable bonds is 8. The molecule has 8 heteroatoms. The second-order valence-corrected chi connectivity index (χ2v) is 9.82. The number of aromatic nitrogens is 2. The zero-order chi connectivity index (χ0) is 26.0. The van der Waals surface area contributed by atoms with Crippen LogP contribution in [-0.4, -0.2) is 47.6 Å². The molecule has 3 aromatic carbocycles. The van der Waals surface area contributed by atoms with Gasteiger partial charge in [-0.2, -0.15) is 0 Å². The molecule has 1 N–H and O–H groups in total. The van der Waals surface area contributed by atoms with E-state index in [4.69, 9.17) is 21.3 Å². The fourth-order valence-electron chi connectivity index (χ4n) is 4.27. The van der Waals surface area contributed by atoms with E-state index in [0.29, 0.717) is 16.4 Å². The van der Waals surface area contributed by atoms with Crippen molar-refractivity contribution in [3.63, 3.8) is 0 Å². The van der Waals surface area contributed by atoms with E-state index in [0.717, 1.165) is 34.3 Å². The van der Waals surface area contributed by atoms with Crippen LogP contribution in [0.25, 0.3) is 33.5 Å². The maximum atomic E-state index is 14.1. The Morgan fingerprint density at radius 2 is 1.83 bits per heavy atom. The van der Waals surface area contributed by atoms with Gasteiger partial charge in [0.2, 0.25) is 5.91 Å². The number of hydrogen-bond donors (Lipinski definition) is 1. The van der Waals surface area contributed by atoms with E-state index in [9.17, 15) is 9.18 Å². The molecule has 4 aromatic rings. The highest BCUT2D eigenvalue weighted by atomic mass is 35.5. The summed E-state index contributed by atoms with van der Waals surface area (Å²) in [5.41, 5.74) is 5.23. The first-order valence-corrected chi connectivity index (χ1v) is 12.1. The van der Waals surface area contributed by atoms with Gasteiger partial charge in [0.1, 0.15) is 12.4 Å². The number of hydrogen-bond acceptors (Lipinski definition) is 4. The normalized spacial score (nSPS) is 11.5. The molecule has 1 amide bonds. The Hall–Kier alpha value is -3.42. The minimum Gasteiger partial charge on any atom is -0.494 e. The lowest BCUT2D eigenvalue weighted by Gasteiger charge is -2.13. The Bertz CT molecular complexity index is 1410. The molecule has 0 atom stereocenters.